The highest BCUT2D eigenvalue weighted by Crippen LogP contribution is 2.37. The third kappa shape index (κ3) is 8.45. The Morgan fingerprint density at radius 3 is 2.33 bits per heavy atom. The number of amides is 3. The predicted molar refractivity (Wildman–Crippen MR) is 234 cm³/mol. The molecule has 0 radical (unpaired) electrons. The largest absolute Gasteiger partial charge is 0.492 e. The first-order valence-corrected chi connectivity index (χ1v) is 20.8. The molecule has 1 atom stereocenters. The Bertz CT molecular complexity index is 2610. The number of aryl methyl sites for hydroxylation is 1. The van der Waals surface area contributed by atoms with Gasteiger partial charge in [-0.05, 0) is 105 Å². The molecule has 0 N–H and O–H groups in total. The van der Waals surface area contributed by atoms with Gasteiger partial charge >= 0.3 is 0 Å². The summed E-state index contributed by atoms with van der Waals surface area (Å²) in [4.78, 5) is 50.8. The van der Waals surface area contributed by atoms with Gasteiger partial charge in [0.1, 0.15) is 18.2 Å². The number of ether oxygens (including phenoxy) is 1. The number of halogens is 1. The van der Waals surface area contributed by atoms with Gasteiger partial charge in [-0.1, -0.05) is 48.5 Å². The minimum Gasteiger partial charge on any atom is -0.492 e. The van der Waals surface area contributed by atoms with E-state index >= 15 is 9.18 Å². The second-order valence-corrected chi connectivity index (χ2v) is 16.5. The molecule has 0 aliphatic carbocycles. The number of nitrogens with zero attached hydrogens (tertiary/aromatic N) is 7. The highest BCUT2D eigenvalue weighted by Gasteiger charge is 2.33. The SMILES string of the molecule is Cc1c(C(=O)N(c2ccccc2)c2cnn(C)c2)cc(-c2cc3c(cc2C(=O)N2Cc4ccccc4C[C@H]2C)CN(C(=O)Cc2ccc(OCCN(C)C)cc2F)CC3)n1C. The molecule has 0 bridgehead atoms. The first-order valence-electron chi connectivity index (χ1n) is 20.8. The molecule has 61 heavy (non-hydrogen) atoms. The maximum absolute atomic E-state index is 15.2. The zero-order valence-corrected chi connectivity index (χ0v) is 35.7. The zero-order valence-electron chi connectivity index (χ0n) is 35.7. The number of hydrogen-bond acceptors (Lipinski definition) is 6. The molecule has 11 nitrogen and oxygen atoms in total. The van der Waals surface area contributed by atoms with E-state index in [2.05, 4.69) is 30.2 Å². The number of likely N-dealkylation sites (N-methyl/N-ethyl adjacent to an activating group) is 1. The first-order chi connectivity index (χ1) is 29.4. The fraction of sp³-hybridized carbons (Fsp3) is 0.306. The van der Waals surface area contributed by atoms with Gasteiger partial charge in [0, 0.05) is 86.8 Å². The van der Waals surface area contributed by atoms with Crippen LogP contribution in [0.25, 0.3) is 11.3 Å². The summed E-state index contributed by atoms with van der Waals surface area (Å²) in [5, 5.41) is 4.35. The van der Waals surface area contributed by atoms with E-state index in [4.69, 9.17) is 4.74 Å². The van der Waals surface area contributed by atoms with E-state index in [0.29, 0.717) is 66.5 Å². The van der Waals surface area contributed by atoms with Crippen LogP contribution in [0.4, 0.5) is 15.8 Å². The summed E-state index contributed by atoms with van der Waals surface area (Å²) >= 11 is 0. The van der Waals surface area contributed by atoms with Crippen molar-refractivity contribution in [2.24, 2.45) is 14.1 Å². The van der Waals surface area contributed by atoms with Crippen molar-refractivity contribution in [1.82, 2.24) is 29.0 Å². The maximum Gasteiger partial charge on any atom is 0.264 e. The molecule has 2 aliphatic heterocycles. The Kier molecular flexibility index (Phi) is 11.6. The Hall–Kier alpha value is -6.53. The molecule has 0 saturated carbocycles. The Morgan fingerprint density at radius 1 is 0.852 bits per heavy atom. The molecular formula is C49H52FN7O4. The van der Waals surface area contributed by atoms with Crippen molar-refractivity contribution in [2.45, 2.75) is 52.2 Å². The quantitative estimate of drug-likeness (QED) is 0.134. The van der Waals surface area contributed by atoms with Crippen molar-refractivity contribution in [1.29, 1.82) is 0 Å². The fourth-order valence-corrected chi connectivity index (χ4v) is 8.48. The summed E-state index contributed by atoms with van der Waals surface area (Å²) in [6, 6.07) is 28.2. The summed E-state index contributed by atoms with van der Waals surface area (Å²) in [6.45, 7) is 6.32. The number of benzene rings is 4. The number of carbonyl (C=O) groups is 3. The van der Waals surface area contributed by atoms with Crippen LogP contribution in [0.15, 0.2) is 103 Å². The van der Waals surface area contributed by atoms with Crippen molar-refractivity contribution < 1.29 is 23.5 Å². The van der Waals surface area contributed by atoms with Gasteiger partial charge in [0.05, 0.1) is 23.9 Å². The van der Waals surface area contributed by atoms with Crippen LogP contribution in [-0.4, -0.2) is 86.6 Å². The molecular weight excluding hydrogens is 770 g/mol. The van der Waals surface area contributed by atoms with Crippen LogP contribution in [0.1, 0.15) is 61.2 Å². The second-order valence-electron chi connectivity index (χ2n) is 16.5. The van der Waals surface area contributed by atoms with Crippen LogP contribution in [0.2, 0.25) is 0 Å². The lowest BCUT2D eigenvalue weighted by atomic mass is 9.89. The van der Waals surface area contributed by atoms with Crippen molar-refractivity contribution in [3.63, 3.8) is 0 Å². The maximum atomic E-state index is 15.2. The van der Waals surface area contributed by atoms with Crippen LogP contribution in [0.5, 0.6) is 5.75 Å². The lowest BCUT2D eigenvalue weighted by molar-refractivity contribution is -0.131. The number of carbonyl (C=O) groups excluding carboxylic acids is 3. The summed E-state index contributed by atoms with van der Waals surface area (Å²) in [7, 11) is 7.63. The Morgan fingerprint density at radius 2 is 1.61 bits per heavy atom. The van der Waals surface area contributed by atoms with E-state index in [1.54, 1.807) is 32.8 Å². The molecule has 2 aliphatic rings. The normalized spacial score (nSPS) is 14.8. The van der Waals surface area contributed by atoms with Gasteiger partial charge in [0.25, 0.3) is 11.8 Å². The molecule has 8 rings (SSSR count). The summed E-state index contributed by atoms with van der Waals surface area (Å²) in [5.74, 6) is -0.587. The third-order valence-electron chi connectivity index (χ3n) is 12.1. The van der Waals surface area contributed by atoms with E-state index in [1.165, 1.54) is 11.6 Å². The molecule has 2 aromatic heterocycles. The predicted octanol–water partition coefficient (Wildman–Crippen LogP) is 7.51. The average Bonchev–Trinajstić information content (AvgIpc) is 3.81. The van der Waals surface area contributed by atoms with Crippen molar-refractivity contribution in [3.8, 4) is 17.0 Å². The van der Waals surface area contributed by atoms with Crippen LogP contribution >= 0.6 is 0 Å². The standard InChI is InChI=1S/C49H52FN7O4/c1-32-22-34-12-10-11-13-37(34)30-56(32)48(59)44-24-38-29-55(47(58)25-36-16-17-41(26-45(36)50)61-21-20-52(3)4)19-18-35(38)23-43(44)46-27-42(33(2)54(46)6)49(60)57(39-14-8-7-9-15-39)40-28-51-53(5)31-40/h7-17,23-24,26-28,31-32H,18-22,25,29-30H2,1-6H3/t32-/m1/s1. The molecule has 314 valence electrons. The molecule has 6 aromatic rings. The van der Waals surface area contributed by atoms with Gasteiger partial charge in [-0.3, -0.25) is 24.0 Å². The summed E-state index contributed by atoms with van der Waals surface area (Å²) in [5.41, 5.74) is 9.10. The molecule has 4 heterocycles. The lowest BCUT2D eigenvalue weighted by Gasteiger charge is -2.36. The van der Waals surface area contributed by atoms with Gasteiger partial charge in [-0.25, -0.2) is 4.39 Å². The van der Waals surface area contributed by atoms with Crippen LogP contribution < -0.4 is 9.64 Å². The van der Waals surface area contributed by atoms with Gasteiger partial charge in [-0.2, -0.15) is 5.10 Å². The number of para-hydroxylation sites is 1. The van der Waals surface area contributed by atoms with Gasteiger partial charge < -0.3 is 24.0 Å². The molecule has 0 fully saturated rings. The van der Waals surface area contributed by atoms with Crippen molar-refractivity contribution in [3.05, 3.63) is 154 Å². The number of aromatic nitrogens is 3. The van der Waals surface area contributed by atoms with Crippen molar-refractivity contribution >= 4 is 29.1 Å². The Balaban J connectivity index is 1.14. The van der Waals surface area contributed by atoms with E-state index in [1.807, 2.05) is 110 Å². The number of rotatable bonds is 11. The second kappa shape index (κ2) is 17.2. The zero-order chi connectivity index (χ0) is 42.9. The molecule has 0 unspecified atom stereocenters. The molecule has 3 amide bonds. The first kappa shape index (κ1) is 41.2. The molecule has 0 saturated heterocycles. The van der Waals surface area contributed by atoms with Crippen LogP contribution in [0, 0.1) is 12.7 Å². The topological polar surface area (TPSA) is 96.2 Å². The monoisotopic (exact) mass is 821 g/mol. The lowest BCUT2D eigenvalue weighted by Crippen LogP contribution is -2.43. The summed E-state index contributed by atoms with van der Waals surface area (Å²) < 4.78 is 24.6. The Labute approximate surface area is 356 Å². The molecule has 4 aromatic carbocycles. The van der Waals surface area contributed by atoms with Crippen LogP contribution in [0.3, 0.4) is 0 Å². The number of fused-ring (bicyclic) bond motifs is 2. The fourth-order valence-electron chi connectivity index (χ4n) is 8.48. The minimum absolute atomic E-state index is 0.0600. The number of anilines is 2. The van der Waals surface area contributed by atoms with Gasteiger partial charge in [0.2, 0.25) is 5.91 Å². The average molecular weight is 822 g/mol. The van der Waals surface area contributed by atoms with E-state index in [-0.39, 0.29) is 36.7 Å². The smallest absolute Gasteiger partial charge is 0.264 e. The highest BCUT2D eigenvalue weighted by atomic mass is 19.1. The van der Waals surface area contributed by atoms with Crippen molar-refractivity contribution in [2.75, 3.05) is 38.7 Å². The van der Waals surface area contributed by atoms with Gasteiger partial charge in [-0.15, -0.1) is 0 Å². The molecule has 12 heteroatoms. The van der Waals surface area contributed by atoms with Gasteiger partial charge in [0.15, 0.2) is 0 Å². The number of hydrogen-bond donors (Lipinski definition) is 0. The molecule has 0 spiro atoms. The highest BCUT2D eigenvalue weighted by molar-refractivity contribution is 6.12. The van der Waals surface area contributed by atoms with E-state index < -0.39 is 5.82 Å². The minimum atomic E-state index is -0.481. The third-order valence-corrected chi connectivity index (χ3v) is 12.1. The van der Waals surface area contributed by atoms with E-state index in [0.717, 1.165) is 40.1 Å². The van der Waals surface area contributed by atoms with Crippen LogP contribution in [-0.2, 0) is 51.2 Å². The van der Waals surface area contributed by atoms with E-state index in [9.17, 15) is 9.59 Å². The summed E-state index contributed by atoms with van der Waals surface area (Å²) in [6.07, 6.45) is 4.68.